The maximum absolute atomic E-state index is 14.7. The van der Waals surface area contributed by atoms with E-state index in [1.54, 1.807) is 24.0 Å². The van der Waals surface area contributed by atoms with Crippen molar-refractivity contribution in [1.29, 1.82) is 0 Å². The topological polar surface area (TPSA) is 90.4 Å². The van der Waals surface area contributed by atoms with Gasteiger partial charge in [-0.1, -0.05) is 36.4 Å². The van der Waals surface area contributed by atoms with E-state index in [4.69, 9.17) is 15.6 Å². The van der Waals surface area contributed by atoms with Crippen molar-refractivity contribution in [2.45, 2.75) is 32.4 Å². The summed E-state index contributed by atoms with van der Waals surface area (Å²) in [6.45, 7) is 2.12. The van der Waals surface area contributed by atoms with Crippen molar-refractivity contribution in [1.82, 2.24) is 24.9 Å². The first-order chi connectivity index (χ1) is 18.6. The summed E-state index contributed by atoms with van der Waals surface area (Å²) < 4.78 is 21.5. The number of imidazole rings is 1. The zero-order chi connectivity index (χ0) is 26.3. The zero-order valence-electron chi connectivity index (χ0n) is 21.4. The molecular formula is C30H31FN6O. The van der Waals surface area contributed by atoms with Gasteiger partial charge in [-0.05, 0) is 72.8 Å². The third-order valence-electron chi connectivity index (χ3n) is 6.45. The van der Waals surface area contributed by atoms with Crippen molar-refractivity contribution in [3.05, 3.63) is 102 Å². The molecule has 0 saturated carbocycles. The van der Waals surface area contributed by atoms with Crippen LogP contribution in [0.5, 0.6) is 5.75 Å². The molecule has 0 atom stereocenters. The highest BCUT2D eigenvalue weighted by Crippen LogP contribution is 2.25. The van der Waals surface area contributed by atoms with Gasteiger partial charge in [0, 0.05) is 24.2 Å². The van der Waals surface area contributed by atoms with E-state index in [1.165, 1.54) is 11.6 Å². The third-order valence-corrected chi connectivity index (χ3v) is 6.45. The van der Waals surface area contributed by atoms with Crippen LogP contribution in [0.3, 0.4) is 0 Å². The van der Waals surface area contributed by atoms with Crippen LogP contribution in [0, 0.1) is 5.82 Å². The lowest BCUT2D eigenvalue weighted by atomic mass is 10.0. The number of nitrogens with zero attached hydrogens (tertiary/aromatic N) is 4. The molecule has 0 fully saturated rings. The Kier molecular flexibility index (Phi) is 8.01. The molecule has 0 unspecified atom stereocenters. The first-order valence-corrected chi connectivity index (χ1v) is 12.8. The molecule has 7 nitrogen and oxygen atoms in total. The van der Waals surface area contributed by atoms with Gasteiger partial charge in [0.25, 0.3) is 5.78 Å². The van der Waals surface area contributed by atoms with E-state index < -0.39 is 0 Å². The zero-order valence-corrected chi connectivity index (χ0v) is 21.4. The van der Waals surface area contributed by atoms with Crippen LogP contribution < -0.4 is 15.8 Å². The van der Waals surface area contributed by atoms with Crippen LogP contribution in [0.1, 0.15) is 29.5 Å². The van der Waals surface area contributed by atoms with Crippen LogP contribution in [-0.4, -0.2) is 33.2 Å². The minimum atomic E-state index is -0.314. The Balaban J connectivity index is 1.31. The van der Waals surface area contributed by atoms with E-state index in [9.17, 15) is 4.39 Å². The second kappa shape index (κ2) is 11.9. The van der Waals surface area contributed by atoms with Crippen molar-refractivity contribution in [2.24, 2.45) is 5.73 Å². The Labute approximate surface area is 221 Å². The number of methoxy groups -OCH3 is 1. The van der Waals surface area contributed by atoms with Crippen LogP contribution in [0.4, 0.5) is 4.39 Å². The number of nitrogens with two attached hydrogens (primary N) is 1. The van der Waals surface area contributed by atoms with Gasteiger partial charge in [-0.2, -0.15) is 5.10 Å². The number of benzene rings is 3. The van der Waals surface area contributed by atoms with E-state index >= 15 is 0 Å². The number of rotatable bonds is 11. The van der Waals surface area contributed by atoms with E-state index in [2.05, 4.69) is 39.6 Å². The Morgan fingerprint density at radius 3 is 2.55 bits per heavy atom. The summed E-state index contributed by atoms with van der Waals surface area (Å²) in [4.78, 5) is 9.01. The minimum absolute atomic E-state index is 0.314. The lowest BCUT2D eigenvalue weighted by Crippen LogP contribution is -2.12. The highest BCUT2D eigenvalue weighted by molar-refractivity contribution is 5.64. The monoisotopic (exact) mass is 510 g/mol. The summed E-state index contributed by atoms with van der Waals surface area (Å²) in [5, 5.41) is 8.19. The molecule has 0 aliphatic carbocycles. The summed E-state index contributed by atoms with van der Waals surface area (Å²) in [6.07, 6.45) is 6.19. The van der Waals surface area contributed by atoms with Crippen LogP contribution in [0.15, 0.2) is 79.1 Å². The summed E-state index contributed by atoms with van der Waals surface area (Å²) in [5.74, 6) is 0.960. The van der Waals surface area contributed by atoms with Crippen molar-refractivity contribution >= 4 is 5.78 Å². The largest absolute Gasteiger partial charge is 0.497 e. The lowest BCUT2D eigenvalue weighted by molar-refractivity contribution is 0.414. The smallest absolute Gasteiger partial charge is 0.251 e. The van der Waals surface area contributed by atoms with Gasteiger partial charge in [0.15, 0.2) is 0 Å². The number of ether oxygens (including phenoxy) is 1. The van der Waals surface area contributed by atoms with Gasteiger partial charge < -0.3 is 15.8 Å². The molecule has 0 amide bonds. The molecule has 0 bridgehead atoms. The molecule has 0 spiro atoms. The fraction of sp³-hybridized carbons (Fsp3) is 0.233. The van der Waals surface area contributed by atoms with E-state index in [0.717, 1.165) is 53.9 Å². The fourth-order valence-electron chi connectivity index (χ4n) is 4.38. The predicted octanol–water partition coefficient (Wildman–Crippen LogP) is 5.18. The summed E-state index contributed by atoms with van der Waals surface area (Å²) in [7, 11) is 1.67. The Morgan fingerprint density at radius 2 is 1.74 bits per heavy atom. The Hall–Kier alpha value is -4.14. The molecule has 0 radical (unpaired) electrons. The van der Waals surface area contributed by atoms with Crippen molar-refractivity contribution in [3.8, 4) is 28.3 Å². The SMILES string of the molecule is COc1ccc(CNCc2cccc(-c3cnc4nc(-c5cc(CCCCN)ccc5F)cn4n3)c2)cc1. The van der Waals surface area contributed by atoms with Gasteiger partial charge in [0.2, 0.25) is 0 Å². The van der Waals surface area contributed by atoms with Crippen molar-refractivity contribution in [2.75, 3.05) is 13.7 Å². The van der Waals surface area contributed by atoms with Crippen molar-refractivity contribution < 1.29 is 9.13 Å². The molecule has 5 rings (SSSR count). The summed E-state index contributed by atoms with van der Waals surface area (Å²) in [6, 6.07) is 21.4. The number of unbranched alkanes of at least 4 members (excludes halogenated alkanes) is 1. The minimum Gasteiger partial charge on any atom is -0.497 e. The highest BCUT2D eigenvalue weighted by atomic mass is 19.1. The van der Waals surface area contributed by atoms with Gasteiger partial charge in [-0.15, -0.1) is 0 Å². The predicted molar refractivity (Wildman–Crippen MR) is 147 cm³/mol. The third kappa shape index (κ3) is 6.04. The van der Waals surface area contributed by atoms with Gasteiger partial charge in [0.05, 0.1) is 25.2 Å². The molecule has 0 saturated heterocycles. The standard InChI is InChI=1S/C30H31FN6O/c1-38-25-11-8-22(9-12-25)17-33-18-23-6-4-7-24(15-23)28-19-34-30-35-29(20-37(30)36-28)26-16-21(5-2-3-14-32)10-13-27(26)31/h4,6-13,15-16,19-20,33H,2-3,5,14,17-18,32H2,1H3. The molecule has 3 aromatic carbocycles. The summed E-state index contributed by atoms with van der Waals surface area (Å²) >= 11 is 0. The normalized spacial score (nSPS) is 11.2. The van der Waals surface area contributed by atoms with Crippen LogP contribution in [-0.2, 0) is 19.5 Å². The van der Waals surface area contributed by atoms with Gasteiger partial charge >= 0.3 is 0 Å². The lowest BCUT2D eigenvalue weighted by Gasteiger charge is -2.08. The molecule has 0 aliphatic rings. The molecule has 38 heavy (non-hydrogen) atoms. The second-order valence-corrected chi connectivity index (χ2v) is 9.23. The first kappa shape index (κ1) is 25.5. The van der Waals surface area contributed by atoms with Crippen LogP contribution in [0.2, 0.25) is 0 Å². The second-order valence-electron chi connectivity index (χ2n) is 9.23. The average molecular weight is 511 g/mol. The molecule has 5 aromatic rings. The molecule has 0 aliphatic heterocycles. The van der Waals surface area contributed by atoms with Crippen LogP contribution >= 0.6 is 0 Å². The number of hydrogen-bond donors (Lipinski definition) is 2. The number of nitrogens with one attached hydrogen (secondary N) is 1. The van der Waals surface area contributed by atoms with Gasteiger partial charge in [-0.3, -0.25) is 0 Å². The summed E-state index contributed by atoms with van der Waals surface area (Å²) in [5.41, 5.74) is 11.6. The quantitative estimate of drug-likeness (QED) is 0.238. The number of fused-ring (bicyclic) bond motifs is 1. The number of aryl methyl sites for hydroxylation is 1. The number of aromatic nitrogens is 4. The van der Waals surface area contributed by atoms with Gasteiger partial charge in [0.1, 0.15) is 17.3 Å². The Morgan fingerprint density at radius 1 is 0.921 bits per heavy atom. The van der Waals surface area contributed by atoms with E-state index in [1.807, 2.05) is 36.4 Å². The fourth-order valence-corrected chi connectivity index (χ4v) is 4.38. The maximum atomic E-state index is 14.7. The van der Waals surface area contributed by atoms with Crippen LogP contribution in [0.25, 0.3) is 28.3 Å². The van der Waals surface area contributed by atoms with E-state index in [0.29, 0.717) is 30.1 Å². The van der Waals surface area contributed by atoms with Gasteiger partial charge in [-0.25, -0.2) is 18.9 Å². The maximum Gasteiger partial charge on any atom is 0.251 e. The molecule has 2 heterocycles. The Bertz CT molecular complexity index is 1520. The number of hydrogen-bond acceptors (Lipinski definition) is 6. The van der Waals surface area contributed by atoms with E-state index in [-0.39, 0.29) is 5.82 Å². The molecule has 194 valence electrons. The molecule has 3 N–H and O–H groups in total. The molecule has 8 heteroatoms. The highest BCUT2D eigenvalue weighted by Gasteiger charge is 2.13. The average Bonchev–Trinajstić information content (AvgIpc) is 3.38. The number of halogens is 1. The first-order valence-electron chi connectivity index (χ1n) is 12.8. The molecule has 2 aromatic heterocycles. The molecular weight excluding hydrogens is 479 g/mol. The van der Waals surface area contributed by atoms with Crippen molar-refractivity contribution in [3.63, 3.8) is 0 Å².